The first-order chi connectivity index (χ1) is 5.69. The highest BCUT2D eigenvalue weighted by Gasteiger charge is 2.20. The fraction of sp³-hybridized carbons (Fsp3) is 0.667. The van der Waals surface area contributed by atoms with Crippen LogP contribution in [-0.2, 0) is 0 Å². The third kappa shape index (κ3) is 24.5. The van der Waals surface area contributed by atoms with Gasteiger partial charge >= 0.3 is 6.16 Å². The molecule has 0 aliphatic rings. The van der Waals surface area contributed by atoms with Crippen molar-refractivity contribution >= 4 is 41.0 Å². The molecule has 4 nitrogen and oxygen atoms in total. The van der Waals surface area contributed by atoms with Crippen molar-refractivity contribution in [1.29, 1.82) is 5.26 Å². The number of halogens is 3. The number of nitrogens with zero attached hydrogens (tertiary/aromatic N) is 1. The molecule has 0 radical (unpaired) electrons. The predicted molar refractivity (Wildman–Crippen MR) is 50.6 cm³/mol. The highest BCUT2D eigenvalue weighted by Crippen LogP contribution is 2.27. The number of nitriles is 1. The van der Waals surface area contributed by atoms with E-state index in [1.165, 1.54) is 0 Å². The molecule has 0 bridgehead atoms. The molecule has 0 amide bonds. The van der Waals surface area contributed by atoms with Crippen LogP contribution in [0.15, 0.2) is 0 Å². The first kappa shape index (κ1) is 15.1. The zero-order valence-electron chi connectivity index (χ0n) is 6.67. The van der Waals surface area contributed by atoms with Crippen LogP contribution in [0.4, 0.5) is 4.79 Å². The normalized spacial score (nSPS) is 11.9. The lowest BCUT2D eigenvalue weighted by atomic mass is 10.2. The van der Waals surface area contributed by atoms with Gasteiger partial charge in [-0.3, -0.25) is 0 Å². The molecule has 13 heavy (non-hydrogen) atoms. The van der Waals surface area contributed by atoms with Gasteiger partial charge in [-0.2, -0.15) is 5.26 Å². The molecule has 76 valence electrons. The van der Waals surface area contributed by atoms with Gasteiger partial charge in [0, 0.05) is 6.42 Å². The summed E-state index contributed by atoms with van der Waals surface area (Å²) >= 11 is 16.5. The van der Waals surface area contributed by atoms with Crippen LogP contribution in [0.5, 0.6) is 0 Å². The fourth-order valence-electron chi connectivity index (χ4n) is 0.360. The lowest BCUT2D eigenvalue weighted by molar-refractivity contribution is 0.137. The molecule has 7 heteroatoms. The molecule has 0 saturated carbocycles. The second kappa shape index (κ2) is 7.07. The van der Waals surface area contributed by atoms with Crippen LogP contribution in [0.2, 0.25) is 0 Å². The molecule has 0 heterocycles. The van der Waals surface area contributed by atoms with E-state index < -0.39 is 15.9 Å². The standard InChI is InChI=1S/C5H6Cl3N.CH2O3/c1-5(7,8)2-4(6)3-9;2-1(3)4/h4H,2H2,1H3;(H2,2,3,4). The molecular formula is C6H8Cl3NO3. The second-order valence-corrected chi connectivity index (χ2v) is 4.54. The highest BCUT2D eigenvalue weighted by atomic mass is 35.5. The lowest BCUT2D eigenvalue weighted by Gasteiger charge is -2.11. The topological polar surface area (TPSA) is 81.3 Å². The smallest absolute Gasteiger partial charge is 0.450 e. The maximum Gasteiger partial charge on any atom is 0.503 e. The van der Waals surface area contributed by atoms with Crippen molar-refractivity contribution in [3.63, 3.8) is 0 Å². The average Bonchev–Trinajstić information content (AvgIpc) is 1.82. The summed E-state index contributed by atoms with van der Waals surface area (Å²) < 4.78 is -0.887. The quantitative estimate of drug-likeness (QED) is 0.736. The van der Waals surface area contributed by atoms with Gasteiger partial charge in [-0.15, -0.1) is 34.8 Å². The minimum Gasteiger partial charge on any atom is -0.450 e. The van der Waals surface area contributed by atoms with Crippen LogP contribution in [0.3, 0.4) is 0 Å². The molecule has 0 spiro atoms. The Balaban J connectivity index is 0. The van der Waals surface area contributed by atoms with E-state index in [0.29, 0.717) is 0 Å². The monoisotopic (exact) mass is 247 g/mol. The highest BCUT2D eigenvalue weighted by molar-refractivity contribution is 6.48. The van der Waals surface area contributed by atoms with Crippen LogP contribution in [0.1, 0.15) is 13.3 Å². The summed E-state index contributed by atoms with van der Waals surface area (Å²) in [6, 6.07) is 1.82. The van der Waals surface area contributed by atoms with Crippen LogP contribution < -0.4 is 0 Å². The molecule has 0 saturated heterocycles. The van der Waals surface area contributed by atoms with Crippen LogP contribution in [0, 0.1) is 11.3 Å². The molecule has 0 fully saturated rings. The summed E-state index contributed by atoms with van der Waals surface area (Å²) in [6.07, 6.45) is -1.55. The maximum absolute atomic E-state index is 8.56. The zero-order chi connectivity index (χ0) is 11.1. The fourth-order valence-corrected chi connectivity index (χ4v) is 1.14. The molecule has 0 aliphatic heterocycles. The zero-order valence-corrected chi connectivity index (χ0v) is 8.94. The summed E-state index contributed by atoms with van der Waals surface area (Å²) in [5, 5.41) is 21.6. The van der Waals surface area contributed by atoms with Gasteiger partial charge in [-0.25, -0.2) is 4.79 Å². The third-order valence-corrected chi connectivity index (χ3v) is 1.24. The van der Waals surface area contributed by atoms with Gasteiger partial charge in [0.05, 0.1) is 6.07 Å². The van der Waals surface area contributed by atoms with Crippen molar-refractivity contribution in [2.24, 2.45) is 0 Å². The summed E-state index contributed by atoms with van der Waals surface area (Å²) in [6.45, 7) is 1.60. The lowest BCUT2D eigenvalue weighted by Crippen LogP contribution is -2.12. The first-order valence-electron chi connectivity index (χ1n) is 3.02. The molecule has 2 N–H and O–H groups in total. The number of hydrogen-bond acceptors (Lipinski definition) is 2. The van der Waals surface area contributed by atoms with Gasteiger partial charge in [0.2, 0.25) is 0 Å². The van der Waals surface area contributed by atoms with Crippen molar-refractivity contribution in [1.82, 2.24) is 0 Å². The van der Waals surface area contributed by atoms with E-state index in [9.17, 15) is 0 Å². The Hall–Kier alpha value is -0.370. The number of rotatable bonds is 2. The van der Waals surface area contributed by atoms with E-state index in [-0.39, 0.29) is 6.42 Å². The molecule has 0 aliphatic carbocycles. The molecule has 1 atom stereocenters. The van der Waals surface area contributed by atoms with E-state index in [2.05, 4.69) is 0 Å². The van der Waals surface area contributed by atoms with E-state index in [0.717, 1.165) is 0 Å². The van der Waals surface area contributed by atoms with Crippen LogP contribution >= 0.6 is 34.8 Å². The van der Waals surface area contributed by atoms with Crippen molar-refractivity contribution in [3.05, 3.63) is 0 Å². The third-order valence-electron chi connectivity index (χ3n) is 0.678. The average molecular weight is 248 g/mol. The Kier molecular flexibility index (Phi) is 8.23. The van der Waals surface area contributed by atoms with Crippen molar-refractivity contribution < 1.29 is 15.0 Å². The Morgan fingerprint density at radius 3 is 2.00 bits per heavy atom. The largest absolute Gasteiger partial charge is 0.503 e. The Morgan fingerprint density at radius 2 is 1.92 bits per heavy atom. The Bertz CT molecular complexity index is 192. The van der Waals surface area contributed by atoms with Gasteiger partial charge in [0.25, 0.3) is 0 Å². The van der Waals surface area contributed by atoms with Gasteiger partial charge in [-0.1, -0.05) is 0 Å². The van der Waals surface area contributed by atoms with E-state index >= 15 is 0 Å². The van der Waals surface area contributed by atoms with Crippen molar-refractivity contribution in [3.8, 4) is 6.07 Å². The SMILES string of the molecule is CC(Cl)(Cl)CC(Cl)C#N.O=C(O)O. The number of carbonyl (C=O) groups is 1. The van der Waals surface area contributed by atoms with Gasteiger partial charge in [0.15, 0.2) is 0 Å². The first-order valence-corrected chi connectivity index (χ1v) is 4.21. The summed E-state index contributed by atoms with van der Waals surface area (Å²) in [4.78, 5) is 8.56. The van der Waals surface area contributed by atoms with E-state index in [1.54, 1.807) is 6.92 Å². The molecule has 0 aromatic rings. The minimum absolute atomic E-state index is 0.286. The molecule has 0 aromatic carbocycles. The summed E-state index contributed by atoms with van der Waals surface area (Å²) in [5.74, 6) is 0. The minimum atomic E-state index is -1.83. The Morgan fingerprint density at radius 1 is 1.62 bits per heavy atom. The maximum atomic E-state index is 8.56. The number of alkyl halides is 3. The number of carboxylic acid groups (broad SMARTS) is 2. The van der Waals surface area contributed by atoms with E-state index in [1.807, 2.05) is 6.07 Å². The molecule has 1 unspecified atom stereocenters. The number of hydrogen-bond donors (Lipinski definition) is 2. The molecule has 0 rings (SSSR count). The van der Waals surface area contributed by atoms with Crippen molar-refractivity contribution in [2.75, 3.05) is 0 Å². The van der Waals surface area contributed by atoms with Crippen LogP contribution in [0.25, 0.3) is 0 Å². The Labute approximate surface area is 90.6 Å². The predicted octanol–water partition coefficient (Wildman–Crippen LogP) is 2.92. The molecular weight excluding hydrogens is 240 g/mol. The van der Waals surface area contributed by atoms with Crippen LogP contribution in [-0.4, -0.2) is 26.1 Å². The second-order valence-electron chi connectivity index (χ2n) is 2.15. The summed E-state index contributed by atoms with van der Waals surface area (Å²) in [7, 11) is 0. The molecule has 0 aromatic heterocycles. The van der Waals surface area contributed by atoms with Gasteiger partial charge < -0.3 is 10.2 Å². The summed E-state index contributed by atoms with van der Waals surface area (Å²) in [5.41, 5.74) is 0. The van der Waals surface area contributed by atoms with Gasteiger partial charge in [-0.05, 0) is 6.92 Å². The van der Waals surface area contributed by atoms with Gasteiger partial charge in [0.1, 0.15) is 9.71 Å². The van der Waals surface area contributed by atoms with Crippen molar-refractivity contribution in [2.45, 2.75) is 23.1 Å². The van der Waals surface area contributed by atoms with E-state index in [4.69, 9.17) is 55.1 Å².